The third-order valence-corrected chi connectivity index (χ3v) is 10.7. The van der Waals surface area contributed by atoms with Crippen molar-refractivity contribution >= 4 is 40.9 Å². The maximum atomic E-state index is 13.7. The van der Waals surface area contributed by atoms with Crippen molar-refractivity contribution in [1.82, 2.24) is 9.88 Å². The molecule has 2 bridgehead atoms. The minimum atomic E-state index is -1.18. The number of likely N-dealkylation sites (tertiary alicyclic amines) is 1. The Kier molecular flexibility index (Phi) is 4.87. The van der Waals surface area contributed by atoms with Crippen LogP contribution in [0.1, 0.15) is 36.6 Å². The van der Waals surface area contributed by atoms with Gasteiger partial charge in [-0.25, -0.2) is 9.18 Å². The molecule has 1 aromatic heterocycles. The number of imide groups is 1. The number of benzene rings is 1. The molecule has 2 N–H and O–H groups in total. The lowest BCUT2D eigenvalue weighted by Gasteiger charge is -2.43. The normalized spacial score (nSPS) is 34.4. The molecule has 2 aliphatic heterocycles. The fourth-order valence-electron chi connectivity index (χ4n) is 7.05. The molecule has 2 aromatic rings. The zero-order valence-corrected chi connectivity index (χ0v) is 20.1. The van der Waals surface area contributed by atoms with Gasteiger partial charge >= 0.3 is 10.8 Å². The van der Waals surface area contributed by atoms with Gasteiger partial charge in [0.1, 0.15) is 11.9 Å². The number of carbonyl (C=O) groups is 3. The summed E-state index contributed by atoms with van der Waals surface area (Å²) in [5.41, 5.74) is 0.886. The summed E-state index contributed by atoms with van der Waals surface area (Å²) in [6.07, 6.45) is 0.721. The average molecular weight is 503 g/mol. The maximum absolute atomic E-state index is 13.7. The van der Waals surface area contributed by atoms with Crippen molar-refractivity contribution in [1.29, 1.82) is 0 Å². The Balaban J connectivity index is 1.44. The summed E-state index contributed by atoms with van der Waals surface area (Å²) in [6.45, 7) is 3.41. The van der Waals surface area contributed by atoms with Crippen LogP contribution in [-0.2, 0) is 14.4 Å². The highest BCUT2D eigenvalue weighted by atomic mass is 32.2. The number of nitrogens with zero attached hydrogens (tertiary/aromatic N) is 1. The molecular formula is C24H23FN2O5S2. The summed E-state index contributed by atoms with van der Waals surface area (Å²) >= 11 is 2.72. The molecule has 2 amide bonds. The second-order valence-corrected chi connectivity index (χ2v) is 12.3. The van der Waals surface area contributed by atoms with E-state index >= 15 is 0 Å². The predicted octanol–water partition coefficient (Wildman–Crippen LogP) is 3.16. The molecule has 3 fully saturated rings. The molecule has 2 aliphatic carbocycles. The average Bonchev–Trinajstić information content (AvgIpc) is 3.49. The van der Waals surface area contributed by atoms with Crippen LogP contribution >= 0.6 is 23.1 Å². The largest absolute Gasteiger partial charge is 0.480 e. The first-order valence-electron chi connectivity index (χ1n) is 11.4. The van der Waals surface area contributed by atoms with Gasteiger partial charge in [0.25, 0.3) is 0 Å². The number of aliphatic carboxylic acids is 1. The first kappa shape index (κ1) is 22.0. The molecule has 10 heteroatoms. The van der Waals surface area contributed by atoms with Crippen LogP contribution in [-0.4, -0.2) is 44.1 Å². The highest BCUT2D eigenvalue weighted by molar-refractivity contribution is 8.00. The molecule has 34 heavy (non-hydrogen) atoms. The summed E-state index contributed by atoms with van der Waals surface area (Å²) < 4.78 is 13.7. The van der Waals surface area contributed by atoms with Gasteiger partial charge in [0.2, 0.25) is 11.8 Å². The van der Waals surface area contributed by atoms with Crippen molar-refractivity contribution in [2.75, 3.05) is 0 Å². The smallest absolute Gasteiger partial charge is 0.327 e. The van der Waals surface area contributed by atoms with Gasteiger partial charge in [0.05, 0.1) is 16.9 Å². The van der Waals surface area contributed by atoms with E-state index in [4.69, 9.17) is 0 Å². The van der Waals surface area contributed by atoms with Gasteiger partial charge in [-0.1, -0.05) is 37.3 Å². The van der Waals surface area contributed by atoms with Gasteiger partial charge in [-0.15, -0.1) is 11.8 Å². The van der Waals surface area contributed by atoms with E-state index in [0.29, 0.717) is 0 Å². The fraction of sp³-hybridized carbons (Fsp3) is 0.500. The zero-order chi connectivity index (χ0) is 24.0. The van der Waals surface area contributed by atoms with Crippen LogP contribution in [0, 0.1) is 41.3 Å². The number of nitrogens with one attached hydrogen (secondary N) is 1. The highest BCUT2D eigenvalue weighted by Crippen LogP contribution is 2.68. The van der Waals surface area contributed by atoms with Gasteiger partial charge in [-0.2, -0.15) is 0 Å². The first-order chi connectivity index (χ1) is 16.2. The van der Waals surface area contributed by atoms with Crippen molar-refractivity contribution in [3.05, 3.63) is 50.2 Å². The lowest BCUT2D eigenvalue weighted by molar-refractivity contribution is -0.157. The van der Waals surface area contributed by atoms with Crippen LogP contribution in [0.4, 0.5) is 4.39 Å². The molecule has 8 atom stereocenters. The number of hydrogen-bond donors (Lipinski definition) is 2. The maximum Gasteiger partial charge on any atom is 0.327 e. The Bertz CT molecular complexity index is 1270. The third kappa shape index (κ3) is 2.87. The Morgan fingerprint density at radius 1 is 1.12 bits per heavy atom. The molecule has 3 heterocycles. The summed E-state index contributed by atoms with van der Waals surface area (Å²) in [7, 11) is 0. The van der Waals surface area contributed by atoms with E-state index in [0.717, 1.165) is 38.1 Å². The number of carboxylic acids is 1. The van der Waals surface area contributed by atoms with Gasteiger partial charge in [-0.05, 0) is 47.8 Å². The number of carboxylic acid groups (broad SMARTS) is 1. The standard InChI is InChI=1S/C24H23FN2O5S2/c1-8(2)17(23(30)31)27-21(28)15-11-7-12(16(15)22(27)29)18-14(11)13(9-3-5-10(25)6-4-9)19-20(33-18)26-24(32)34-19/h3-6,8,11-18H,7H2,1-2H3,(H,26,32)(H,30,31)/t11-,12-,13+,14-,15+,16-,17-,18-/m1/s1. The van der Waals surface area contributed by atoms with Crippen molar-refractivity contribution in [2.45, 2.75) is 42.5 Å². The zero-order valence-electron chi connectivity index (χ0n) is 18.4. The van der Waals surface area contributed by atoms with Crippen molar-refractivity contribution in [3.63, 3.8) is 0 Å². The molecule has 2 saturated carbocycles. The predicted molar refractivity (Wildman–Crippen MR) is 123 cm³/mol. The molecule has 7 nitrogen and oxygen atoms in total. The van der Waals surface area contributed by atoms with Gasteiger partial charge in [-0.3, -0.25) is 19.3 Å². The Morgan fingerprint density at radius 2 is 1.76 bits per heavy atom. The van der Waals surface area contributed by atoms with Crippen molar-refractivity contribution in [2.24, 2.45) is 35.5 Å². The fourth-order valence-corrected chi connectivity index (χ4v) is 9.94. The number of aromatic amines is 1. The lowest BCUT2D eigenvalue weighted by Crippen LogP contribution is -2.49. The van der Waals surface area contributed by atoms with E-state index in [1.165, 1.54) is 12.1 Å². The lowest BCUT2D eigenvalue weighted by atomic mass is 9.68. The second kappa shape index (κ2) is 7.52. The van der Waals surface area contributed by atoms with Crippen LogP contribution in [0.25, 0.3) is 0 Å². The monoisotopic (exact) mass is 502 g/mol. The van der Waals surface area contributed by atoms with Crippen LogP contribution < -0.4 is 4.87 Å². The number of hydrogen-bond acceptors (Lipinski definition) is 6. The highest BCUT2D eigenvalue weighted by Gasteiger charge is 2.70. The number of rotatable bonds is 4. The van der Waals surface area contributed by atoms with Crippen molar-refractivity contribution in [3.8, 4) is 0 Å². The van der Waals surface area contributed by atoms with Gasteiger partial charge < -0.3 is 10.1 Å². The number of carbonyl (C=O) groups excluding carboxylic acids is 2. The van der Waals surface area contributed by atoms with E-state index < -0.39 is 29.8 Å². The number of halogens is 1. The summed E-state index contributed by atoms with van der Waals surface area (Å²) in [5.74, 6) is -4.08. The van der Waals surface area contributed by atoms with E-state index in [9.17, 15) is 28.7 Å². The second-order valence-electron chi connectivity index (χ2n) is 10.1. The number of thiazole rings is 1. The van der Waals surface area contributed by atoms with Crippen molar-refractivity contribution < 1.29 is 23.9 Å². The Labute approximate surface area is 202 Å². The Hall–Kier alpha value is -2.46. The number of amides is 2. The SMILES string of the molecule is CC(C)[C@H](C(=O)O)N1C(=O)[C@@H]2[C@H]3C[C@@H]([C@@H]2C1=O)[C@@H]1[C@H](c2ccc(F)cc2)c2sc(=O)[nH]c2S[C@H]31. The molecule has 4 aliphatic rings. The van der Waals surface area contributed by atoms with Crippen LogP contribution in [0.2, 0.25) is 0 Å². The molecule has 6 rings (SSSR count). The summed E-state index contributed by atoms with van der Waals surface area (Å²) in [5, 5.41) is 10.6. The molecule has 1 saturated heterocycles. The minimum absolute atomic E-state index is 0.000288. The van der Waals surface area contributed by atoms with Crippen LogP contribution in [0.3, 0.4) is 0 Å². The summed E-state index contributed by atoms with van der Waals surface area (Å²) in [6, 6.07) is 5.10. The van der Waals surface area contributed by atoms with E-state index in [1.807, 2.05) is 0 Å². The first-order valence-corrected chi connectivity index (χ1v) is 13.1. The topological polar surface area (TPSA) is 108 Å². The molecule has 0 spiro atoms. The van der Waals surface area contributed by atoms with Crippen LogP contribution in [0.5, 0.6) is 0 Å². The molecular weight excluding hydrogens is 479 g/mol. The molecule has 0 unspecified atom stereocenters. The van der Waals surface area contributed by atoms with E-state index in [-0.39, 0.29) is 51.4 Å². The summed E-state index contributed by atoms with van der Waals surface area (Å²) in [4.78, 5) is 56.0. The number of fused-ring (bicyclic) bond motifs is 9. The minimum Gasteiger partial charge on any atom is -0.480 e. The quantitative estimate of drug-likeness (QED) is 0.622. The molecule has 1 aromatic carbocycles. The number of thioether (sulfide) groups is 1. The van der Waals surface area contributed by atoms with Crippen LogP contribution in [0.15, 0.2) is 34.1 Å². The van der Waals surface area contributed by atoms with Gasteiger partial charge in [0, 0.05) is 16.0 Å². The molecule has 178 valence electrons. The van der Waals surface area contributed by atoms with E-state index in [2.05, 4.69) is 4.98 Å². The van der Waals surface area contributed by atoms with E-state index in [1.54, 1.807) is 37.7 Å². The third-order valence-electron chi connectivity index (χ3n) is 8.15. The number of aromatic nitrogens is 1. The molecule has 0 radical (unpaired) electrons. The Morgan fingerprint density at radius 3 is 2.38 bits per heavy atom. The number of H-pyrrole nitrogens is 1. The van der Waals surface area contributed by atoms with Gasteiger partial charge in [0.15, 0.2) is 0 Å².